The quantitative estimate of drug-likeness (QED) is 0.307. The van der Waals surface area contributed by atoms with Gasteiger partial charge in [0.05, 0.1) is 11.6 Å². The van der Waals surface area contributed by atoms with Crippen molar-refractivity contribution >= 4 is 23.3 Å². The number of amides is 2. The van der Waals surface area contributed by atoms with Crippen molar-refractivity contribution in [1.82, 2.24) is 9.80 Å². The SMILES string of the molecule is C=C1CCCN1CCN1CC(c2cccc(C(F)(F)F)c2)N(c2ccc(Oc3ccc(Cl)cc3)cc2)C1=O. The number of carbonyl (C=O) groups excluding carboxylic acids is 1. The first-order valence-corrected chi connectivity index (χ1v) is 12.8. The van der Waals surface area contributed by atoms with Crippen molar-refractivity contribution in [3.05, 3.63) is 101 Å². The van der Waals surface area contributed by atoms with E-state index in [1.165, 1.54) is 6.07 Å². The number of benzene rings is 3. The van der Waals surface area contributed by atoms with Crippen molar-refractivity contribution in [3.63, 3.8) is 0 Å². The number of ether oxygens (including phenoxy) is 1. The van der Waals surface area contributed by atoms with Crippen LogP contribution in [0.4, 0.5) is 23.7 Å². The molecule has 38 heavy (non-hydrogen) atoms. The van der Waals surface area contributed by atoms with Gasteiger partial charge in [-0.25, -0.2) is 4.79 Å². The number of halogens is 4. The first kappa shape index (κ1) is 26.0. The third kappa shape index (κ3) is 5.60. The Morgan fingerprint density at radius 2 is 1.61 bits per heavy atom. The fourth-order valence-corrected chi connectivity index (χ4v) is 5.05. The van der Waals surface area contributed by atoms with Crippen molar-refractivity contribution in [1.29, 1.82) is 0 Å². The van der Waals surface area contributed by atoms with Gasteiger partial charge in [0.2, 0.25) is 0 Å². The zero-order valence-electron chi connectivity index (χ0n) is 20.6. The molecule has 198 valence electrons. The molecule has 3 aromatic carbocycles. The van der Waals surface area contributed by atoms with Crippen LogP contribution in [-0.4, -0.2) is 42.0 Å². The summed E-state index contributed by atoms with van der Waals surface area (Å²) in [5, 5.41) is 0.597. The summed E-state index contributed by atoms with van der Waals surface area (Å²) in [6, 6.07) is 18.3. The molecule has 2 amide bonds. The lowest BCUT2D eigenvalue weighted by Gasteiger charge is -2.25. The third-order valence-electron chi connectivity index (χ3n) is 6.92. The first-order valence-electron chi connectivity index (χ1n) is 12.4. The van der Waals surface area contributed by atoms with Crippen molar-refractivity contribution in [3.8, 4) is 11.5 Å². The van der Waals surface area contributed by atoms with Gasteiger partial charge in [0.25, 0.3) is 0 Å². The maximum absolute atomic E-state index is 13.6. The van der Waals surface area contributed by atoms with Gasteiger partial charge in [0.1, 0.15) is 11.5 Å². The normalized spacial score (nSPS) is 18.0. The molecule has 0 spiro atoms. The van der Waals surface area contributed by atoms with E-state index in [9.17, 15) is 18.0 Å². The zero-order chi connectivity index (χ0) is 26.9. The minimum Gasteiger partial charge on any atom is -0.457 e. The lowest BCUT2D eigenvalue weighted by atomic mass is 10.0. The van der Waals surface area contributed by atoms with E-state index < -0.39 is 17.8 Å². The van der Waals surface area contributed by atoms with Crippen molar-refractivity contribution in [2.75, 3.05) is 31.1 Å². The average molecular weight is 542 g/mol. The molecular weight excluding hydrogens is 515 g/mol. The highest BCUT2D eigenvalue weighted by Crippen LogP contribution is 2.38. The minimum atomic E-state index is -4.47. The smallest absolute Gasteiger partial charge is 0.416 e. The van der Waals surface area contributed by atoms with Gasteiger partial charge in [-0.2, -0.15) is 13.2 Å². The van der Waals surface area contributed by atoms with E-state index in [0.717, 1.165) is 37.2 Å². The number of carbonyl (C=O) groups is 1. The van der Waals surface area contributed by atoms with E-state index in [1.54, 1.807) is 64.4 Å². The number of rotatable bonds is 7. The summed E-state index contributed by atoms with van der Waals surface area (Å²) in [4.78, 5) is 19.0. The summed E-state index contributed by atoms with van der Waals surface area (Å²) in [6.45, 7) is 6.37. The van der Waals surface area contributed by atoms with Gasteiger partial charge >= 0.3 is 12.2 Å². The summed E-state index contributed by atoms with van der Waals surface area (Å²) in [5.74, 6) is 1.17. The average Bonchev–Trinajstić information content (AvgIpc) is 3.46. The van der Waals surface area contributed by atoms with Crippen LogP contribution in [0.2, 0.25) is 5.02 Å². The Morgan fingerprint density at radius 1 is 0.947 bits per heavy atom. The van der Waals surface area contributed by atoms with Crippen LogP contribution in [0.1, 0.15) is 30.0 Å². The highest BCUT2D eigenvalue weighted by Gasteiger charge is 2.40. The molecule has 2 aliphatic rings. The monoisotopic (exact) mass is 541 g/mol. The standard InChI is InChI=1S/C29H27ClF3N3O2/c1-20-4-3-15-34(20)16-17-35-19-27(21-5-2-6-22(18-21)29(31,32)33)36(28(35)37)24-9-13-26(14-10-24)38-25-11-7-23(30)8-12-25/h2,5-14,18,27H,1,3-4,15-17,19H2. The fraction of sp³-hybridized carbons (Fsp3) is 0.276. The molecule has 2 heterocycles. The molecule has 0 bridgehead atoms. The van der Waals surface area contributed by atoms with Gasteiger partial charge in [-0.05, 0) is 79.1 Å². The van der Waals surface area contributed by atoms with Crippen molar-refractivity contribution < 1.29 is 22.7 Å². The van der Waals surface area contributed by atoms with E-state index in [0.29, 0.717) is 40.9 Å². The number of hydrogen-bond donors (Lipinski definition) is 0. The van der Waals surface area contributed by atoms with Crippen LogP contribution in [-0.2, 0) is 6.18 Å². The Labute approximate surface area is 224 Å². The van der Waals surface area contributed by atoms with Gasteiger partial charge in [0.15, 0.2) is 0 Å². The Balaban J connectivity index is 1.40. The van der Waals surface area contributed by atoms with Crippen LogP contribution >= 0.6 is 11.6 Å². The largest absolute Gasteiger partial charge is 0.457 e. The summed E-state index contributed by atoms with van der Waals surface area (Å²) in [6.07, 6.45) is -2.49. The van der Waals surface area contributed by atoms with Crippen LogP contribution in [0, 0.1) is 0 Å². The Morgan fingerprint density at radius 3 is 2.24 bits per heavy atom. The van der Waals surface area contributed by atoms with Gasteiger partial charge in [-0.15, -0.1) is 0 Å². The third-order valence-corrected chi connectivity index (χ3v) is 7.18. The molecule has 2 aliphatic heterocycles. The molecule has 5 rings (SSSR count). The van der Waals surface area contributed by atoms with Crippen molar-refractivity contribution in [2.45, 2.75) is 25.1 Å². The molecule has 2 fully saturated rings. The summed E-state index contributed by atoms with van der Waals surface area (Å²) in [7, 11) is 0. The van der Waals surface area contributed by atoms with E-state index >= 15 is 0 Å². The highest BCUT2D eigenvalue weighted by atomic mass is 35.5. The molecule has 5 nitrogen and oxygen atoms in total. The fourth-order valence-electron chi connectivity index (χ4n) is 4.92. The molecule has 2 saturated heterocycles. The van der Waals surface area contributed by atoms with Crippen LogP contribution in [0.15, 0.2) is 85.1 Å². The van der Waals surface area contributed by atoms with Crippen LogP contribution in [0.25, 0.3) is 0 Å². The van der Waals surface area contributed by atoms with Crippen LogP contribution in [0.3, 0.4) is 0 Å². The number of urea groups is 1. The van der Waals surface area contributed by atoms with Crippen molar-refractivity contribution in [2.24, 2.45) is 0 Å². The number of hydrogen-bond acceptors (Lipinski definition) is 3. The molecule has 1 atom stereocenters. The molecule has 0 N–H and O–H groups in total. The van der Waals surface area contributed by atoms with Crippen LogP contribution < -0.4 is 9.64 Å². The van der Waals surface area contributed by atoms with E-state index in [2.05, 4.69) is 11.5 Å². The Hall–Kier alpha value is -3.65. The molecule has 0 radical (unpaired) electrons. The number of alkyl halides is 3. The van der Waals surface area contributed by atoms with Gasteiger partial charge in [-0.3, -0.25) is 4.90 Å². The minimum absolute atomic E-state index is 0.247. The zero-order valence-corrected chi connectivity index (χ0v) is 21.4. The predicted octanol–water partition coefficient (Wildman–Crippen LogP) is 7.74. The van der Waals surface area contributed by atoms with E-state index in [-0.39, 0.29) is 12.6 Å². The van der Waals surface area contributed by atoms with Gasteiger partial charge < -0.3 is 14.5 Å². The summed E-state index contributed by atoms with van der Waals surface area (Å²) < 4.78 is 46.3. The number of anilines is 1. The molecule has 3 aromatic rings. The predicted molar refractivity (Wildman–Crippen MR) is 142 cm³/mol. The Bertz CT molecular complexity index is 1310. The van der Waals surface area contributed by atoms with E-state index in [4.69, 9.17) is 16.3 Å². The molecule has 9 heteroatoms. The lowest BCUT2D eigenvalue weighted by Crippen LogP contribution is -2.37. The number of likely N-dealkylation sites (tertiary alicyclic amines) is 1. The lowest BCUT2D eigenvalue weighted by molar-refractivity contribution is -0.137. The molecule has 0 aromatic heterocycles. The topological polar surface area (TPSA) is 36.0 Å². The van der Waals surface area contributed by atoms with Crippen LogP contribution in [0.5, 0.6) is 11.5 Å². The molecule has 0 aliphatic carbocycles. The molecule has 0 saturated carbocycles. The summed E-state index contributed by atoms with van der Waals surface area (Å²) >= 11 is 5.93. The molecule has 1 unspecified atom stereocenters. The van der Waals surface area contributed by atoms with Gasteiger partial charge in [-0.1, -0.05) is 30.3 Å². The number of nitrogens with zero attached hydrogens (tertiary/aromatic N) is 3. The first-order chi connectivity index (χ1) is 18.2. The maximum atomic E-state index is 13.6. The maximum Gasteiger partial charge on any atom is 0.416 e. The molecular formula is C29H27ClF3N3O2. The Kier molecular flexibility index (Phi) is 7.25. The summed E-state index contributed by atoms with van der Waals surface area (Å²) in [5.41, 5.74) is 1.33. The van der Waals surface area contributed by atoms with E-state index in [1.807, 2.05) is 0 Å². The second-order valence-electron chi connectivity index (χ2n) is 9.44. The second kappa shape index (κ2) is 10.6. The second-order valence-corrected chi connectivity index (χ2v) is 9.88. The van der Waals surface area contributed by atoms with Gasteiger partial charge in [0, 0.05) is 42.6 Å². The highest BCUT2D eigenvalue weighted by molar-refractivity contribution is 6.30. The number of allylic oxidation sites excluding steroid dienone is 1.